The second kappa shape index (κ2) is 9.08. The van der Waals surface area contributed by atoms with Gasteiger partial charge in [-0.15, -0.1) is 0 Å². The summed E-state index contributed by atoms with van der Waals surface area (Å²) in [6.45, 7) is 4.22. The van der Waals surface area contributed by atoms with Crippen LogP contribution >= 0.6 is 11.6 Å². The monoisotopic (exact) mass is 360 g/mol. The summed E-state index contributed by atoms with van der Waals surface area (Å²) in [7, 11) is 0. The molecule has 0 aliphatic rings. The van der Waals surface area contributed by atoms with Crippen molar-refractivity contribution in [3.8, 4) is 5.75 Å². The van der Waals surface area contributed by atoms with Crippen LogP contribution in [0.2, 0.25) is 5.02 Å². The summed E-state index contributed by atoms with van der Waals surface area (Å²) in [4.78, 5) is 23.7. The Morgan fingerprint density at radius 1 is 1.08 bits per heavy atom. The zero-order valence-electron chi connectivity index (χ0n) is 14.3. The highest BCUT2D eigenvalue weighted by Gasteiger charge is 2.07. The SMILES string of the molecule is Cc1cccc(C(=O)NNC(=O)CCCOc2ccc(Cl)cc2C)c1. The number of amides is 2. The van der Waals surface area contributed by atoms with Crippen molar-refractivity contribution in [2.45, 2.75) is 26.7 Å². The van der Waals surface area contributed by atoms with Gasteiger partial charge in [0.25, 0.3) is 5.91 Å². The number of hydrogen-bond donors (Lipinski definition) is 2. The minimum atomic E-state index is -0.343. The maximum Gasteiger partial charge on any atom is 0.269 e. The van der Waals surface area contributed by atoms with Crippen molar-refractivity contribution in [2.24, 2.45) is 0 Å². The first-order valence-corrected chi connectivity index (χ1v) is 8.38. The van der Waals surface area contributed by atoms with Crippen LogP contribution in [-0.4, -0.2) is 18.4 Å². The van der Waals surface area contributed by atoms with Gasteiger partial charge in [-0.3, -0.25) is 20.4 Å². The first-order chi connectivity index (χ1) is 12.0. The van der Waals surface area contributed by atoms with Gasteiger partial charge in [0.05, 0.1) is 6.61 Å². The highest BCUT2D eigenvalue weighted by Crippen LogP contribution is 2.21. The summed E-state index contributed by atoms with van der Waals surface area (Å²) in [6, 6.07) is 12.5. The molecule has 0 spiro atoms. The molecule has 0 aliphatic heterocycles. The van der Waals surface area contributed by atoms with Gasteiger partial charge in [0, 0.05) is 17.0 Å². The molecule has 0 saturated heterocycles. The standard InChI is InChI=1S/C19H21ClN2O3/c1-13-5-3-6-15(11-13)19(24)22-21-18(23)7-4-10-25-17-9-8-16(20)12-14(17)2/h3,5-6,8-9,11-12H,4,7,10H2,1-2H3,(H,21,23)(H,22,24). The molecule has 2 N–H and O–H groups in total. The van der Waals surface area contributed by atoms with Gasteiger partial charge in [-0.1, -0.05) is 29.3 Å². The highest BCUT2D eigenvalue weighted by molar-refractivity contribution is 6.30. The molecule has 2 amide bonds. The third kappa shape index (κ3) is 6.12. The second-order valence-electron chi connectivity index (χ2n) is 5.73. The van der Waals surface area contributed by atoms with Crippen molar-refractivity contribution in [3.05, 3.63) is 64.2 Å². The third-order valence-electron chi connectivity index (χ3n) is 3.54. The van der Waals surface area contributed by atoms with Crippen molar-refractivity contribution >= 4 is 23.4 Å². The highest BCUT2D eigenvalue weighted by atomic mass is 35.5. The maximum atomic E-state index is 11.9. The molecule has 0 unspecified atom stereocenters. The van der Waals surface area contributed by atoms with E-state index in [2.05, 4.69) is 10.9 Å². The van der Waals surface area contributed by atoms with Crippen LogP contribution in [0.5, 0.6) is 5.75 Å². The predicted octanol–water partition coefficient (Wildman–Crippen LogP) is 3.58. The summed E-state index contributed by atoms with van der Waals surface area (Å²) in [5.74, 6) is 0.139. The van der Waals surface area contributed by atoms with E-state index in [1.165, 1.54) is 0 Å². The van der Waals surface area contributed by atoms with Crippen LogP contribution in [0.15, 0.2) is 42.5 Å². The van der Waals surface area contributed by atoms with Crippen molar-refractivity contribution in [1.29, 1.82) is 0 Å². The molecule has 2 aromatic carbocycles. The summed E-state index contributed by atoms with van der Waals surface area (Å²) < 4.78 is 5.62. The van der Waals surface area contributed by atoms with Gasteiger partial charge in [0.1, 0.15) is 5.75 Å². The maximum absolute atomic E-state index is 11.9. The molecule has 6 heteroatoms. The number of hydrogen-bond acceptors (Lipinski definition) is 3. The van der Waals surface area contributed by atoms with Crippen LogP contribution in [0.3, 0.4) is 0 Å². The van der Waals surface area contributed by atoms with E-state index in [9.17, 15) is 9.59 Å². The number of carbonyl (C=O) groups excluding carboxylic acids is 2. The number of hydrazine groups is 1. The number of nitrogens with one attached hydrogen (secondary N) is 2. The largest absolute Gasteiger partial charge is 0.493 e. The first kappa shape index (κ1) is 18.8. The zero-order valence-corrected chi connectivity index (χ0v) is 15.0. The van der Waals surface area contributed by atoms with E-state index in [1.54, 1.807) is 30.3 Å². The summed E-state index contributed by atoms with van der Waals surface area (Å²) in [5.41, 5.74) is 7.24. The van der Waals surface area contributed by atoms with Gasteiger partial charge >= 0.3 is 0 Å². The Hall–Kier alpha value is -2.53. The van der Waals surface area contributed by atoms with E-state index < -0.39 is 0 Å². The number of rotatable bonds is 6. The van der Waals surface area contributed by atoms with Crippen LogP contribution in [0.25, 0.3) is 0 Å². The lowest BCUT2D eigenvalue weighted by molar-refractivity contribution is -0.122. The Morgan fingerprint density at radius 3 is 2.60 bits per heavy atom. The van der Waals surface area contributed by atoms with Gasteiger partial charge in [0.2, 0.25) is 5.91 Å². The summed E-state index contributed by atoms with van der Waals surface area (Å²) in [6.07, 6.45) is 0.787. The molecule has 5 nitrogen and oxygen atoms in total. The predicted molar refractivity (Wildman–Crippen MR) is 97.7 cm³/mol. The lowest BCUT2D eigenvalue weighted by atomic mass is 10.1. The molecule has 0 atom stereocenters. The summed E-state index contributed by atoms with van der Waals surface area (Å²) in [5, 5.41) is 0.661. The molecule has 0 aromatic heterocycles. The van der Waals surface area contributed by atoms with Crippen molar-refractivity contribution in [3.63, 3.8) is 0 Å². The lowest BCUT2D eigenvalue weighted by Gasteiger charge is -2.10. The van der Waals surface area contributed by atoms with E-state index in [4.69, 9.17) is 16.3 Å². The molecule has 0 aliphatic carbocycles. The first-order valence-electron chi connectivity index (χ1n) is 8.00. The van der Waals surface area contributed by atoms with Crippen LogP contribution in [0, 0.1) is 13.8 Å². The Morgan fingerprint density at radius 2 is 1.88 bits per heavy atom. The second-order valence-corrected chi connectivity index (χ2v) is 6.17. The lowest BCUT2D eigenvalue weighted by Crippen LogP contribution is -2.41. The molecule has 2 rings (SSSR count). The molecule has 132 valence electrons. The molecule has 0 bridgehead atoms. The molecule has 0 heterocycles. The fraction of sp³-hybridized carbons (Fsp3) is 0.263. The molecule has 0 fully saturated rings. The average Bonchev–Trinajstić information content (AvgIpc) is 2.58. The van der Waals surface area contributed by atoms with Gasteiger partial charge in [-0.25, -0.2) is 0 Å². The van der Waals surface area contributed by atoms with E-state index in [0.717, 1.165) is 16.9 Å². The molecule has 2 aromatic rings. The fourth-order valence-corrected chi connectivity index (χ4v) is 2.46. The van der Waals surface area contributed by atoms with Crippen LogP contribution in [0.1, 0.15) is 34.3 Å². The third-order valence-corrected chi connectivity index (χ3v) is 3.77. The summed E-state index contributed by atoms with van der Waals surface area (Å²) >= 11 is 5.89. The Kier molecular flexibility index (Phi) is 6.83. The molecule has 0 radical (unpaired) electrons. The van der Waals surface area contributed by atoms with Gasteiger partial charge < -0.3 is 4.74 Å². The van der Waals surface area contributed by atoms with Crippen LogP contribution < -0.4 is 15.6 Å². The number of aryl methyl sites for hydroxylation is 2. The normalized spacial score (nSPS) is 10.2. The zero-order chi connectivity index (χ0) is 18.2. The quantitative estimate of drug-likeness (QED) is 0.611. The van der Waals surface area contributed by atoms with E-state index in [-0.39, 0.29) is 18.2 Å². The van der Waals surface area contributed by atoms with Gasteiger partial charge in [-0.2, -0.15) is 0 Å². The molecular weight excluding hydrogens is 340 g/mol. The minimum Gasteiger partial charge on any atom is -0.493 e. The molecule has 25 heavy (non-hydrogen) atoms. The van der Waals surface area contributed by atoms with Crippen LogP contribution in [-0.2, 0) is 4.79 Å². The van der Waals surface area contributed by atoms with Crippen molar-refractivity contribution in [2.75, 3.05) is 6.61 Å². The van der Waals surface area contributed by atoms with E-state index in [0.29, 0.717) is 23.6 Å². The van der Waals surface area contributed by atoms with E-state index in [1.807, 2.05) is 26.0 Å². The van der Waals surface area contributed by atoms with Crippen molar-refractivity contribution in [1.82, 2.24) is 10.9 Å². The Labute approximate surface area is 152 Å². The number of ether oxygens (including phenoxy) is 1. The van der Waals surface area contributed by atoms with Crippen molar-refractivity contribution < 1.29 is 14.3 Å². The Balaban J connectivity index is 1.68. The number of halogens is 1. The van der Waals surface area contributed by atoms with Crippen LogP contribution in [0.4, 0.5) is 0 Å². The van der Waals surface area contributed by atoms with Gasteiger partial charge in [0.15, 0.2) is 0 Å². The number of benzene rings is 2. The smallest absolute Gasteiger partial charge is 0.269 e. The minimum absolute atomic E-state index is 0.251. The molecule has 0 saturated carbocycles. The fourth-order valence-electron chi connectivity index (χ4n) is 2.24. The topological polar surface area (TPSA) is 67.4 Å². The molecular formula is C19H21ClN2O3. The van der Waals surface area contributed by atoms with Gasteiger partial charge in [-0.05, 0) is 56.2 Å². The van der Waals surface area contributed by atoms with E-state index >= 15 is 0 Å². The number of carbonyl (C=O) groups is 2. The average molecular weight is 361 g/mol. The Bertz CT molecular complexity index is 762.